The summed E-state index contributed by atoms with van der Waals surface area (Å²) in [6.45, 7) is 3.51. The van der Waals surface area contributed by atoms with E-state index in [-0.39, 0.29) is 5.48 Å². The van der Waals surface area contributed by atoms with Crippen LogP contribution in [0, 0.1) is 0 Å². The molecule has 0 aliphatic rings. The van der Waals surface area contributed by atoms with E-state index in [4.69, 9.17) is 0 Å². The Morgan fingerprint density at radius 2 is 0.818 bits per heavy atom. The average Bonchev–Trinajstić information content (AvgIpc) is 2.84. The minimum absolute atomic E-state index is 0. The lowest BCUT2D eigenvalue weighted by molar-refractivity contribution is -0.687. The number of benzene rings is 2. The Kier molecular flexibility index (Phi) is 18.6. The van der Waals surface area contributed by atoms with Gasteiger partial charge in [0.05, 0.1) is 6.54 Å². The Labute approximate surface area is 204 Å². The second kappa shape index (κ2) is 20.9. The molecular formula is C31H51NO. The lowest BCUT2D eigenvalue weighted by Crippen LogP contribution is -2.85. The molecule has 0 spiro atoms. The Bertz CT molecular complexity index is 603. The maximum absolute atomic E-state index is 2.54. The van der Waals surface area contributed by atoms with Crippen LogP contribution >= 0.6 is 0 Å². The van der Waals surface area contributed by atoms with Crippen LogP contribution in [0.25, 0.3) is 0 Å². The van der Waals surface area contributed by atoms with Crippen LogP contribution in [-0.4, -0.2) is 12.0 Å². The van der Waals surface area contributed by atoms with Crippen LogP contribution in [0.3, 0.4) is 0 Å². The molecule has 2 aromatic rings. The lowest BCUT2D eigenvalue weighted by atomic mass is 9.98. The zero-order valence-corrected chi connectivity index (χ0v) is 21.4. The number of unbranched alkanes of at least 4 members (excludes halogenated alkanes) is 15. The molecule has 2 heteroatoms. The van der Waals surface area contributed by atoms with Crippen molar-refractivity contribution in [1.82, 2.24) is 0 Å². The average molecular weight is 454 g/mol. The van der Waals surface area contributed by atoms with Gasteiger partial charge in [-0.3, -0.25) is 0 Å². The van der Waals surface area contributed by atoms with Crippen LogP contribution in [0.2, 0.25) is 0 Å². The second-order valence-electron chi connectivity index (χ2n) is 9.63. The second-order valence-corrected chi connectivity index (χ2v) is 9.63. The third-order valence-corrected chi connectivity index (χ3v) is 6.78. The molecule has 2 aromatic carbocycles. The SMILES string of the molecule is CCCCCCCCCCCCCCCCCC[NH2+]C(c1ccccc1)c1ccccc1.[OH-]. The first-order valence-electron chi connectivity index (χ1n) is 13.8. The van der Waals surface area contributed by atoms with Crippen molar-refractivity contribution in [3.05, 3.63) is 71.8 Å². The van der Waals surface area contributed by atoms with E-state index in [1.54, 1.807) is 0 Å². The van der Waals surface area contributed by atoms with E-state index in [1.807, 2.05) is 0 Å². The minimum atomic E-state index is 0. The standard InChI is InChI=1S/C31H49N.H2O/c1-2-3-4-5-6-7-8-9-10-11-12-13-14-15-16-23-28-32-31(29-24-19-17-20-25-29)30-26-21-18-22-27-30;/h17-22,24-27,31-32H,2-16,23,28H2,1H3;1H2. The monoisotopic (exact) mass is 453 g/mol. The topological polar surface area (TPSA) is 46.6 Å². The molecule has 0 unspecified atom stereocenters. The molecule has 0 aromatic heterocycles. The predicted octanol–water partition coefficient (Wildman–Crippen LogP) is 8.42. The van der Waals surface area contributed by atoms with E-state index in [9.17, 15) is 0 Å². The summed E-state index contributed by atoms with van der Waals surface area (Å²) in [5.74, 6) is 0. The molecule has 3 N–H and O–H groups in total. The van der Waals surface area contributed by atoms with Gasteiger partial charge in [0.2, 0.25) is 0 Å². The first-order chi connectivity index (χ1) is 15.9. The number of hydrogen-bond donors (Lipinski definition) is 1. The molecule has 0 atom stereocenters. The van der Waals surface area contributed by atoms with Gasteiger partial charge < -0.3 is 10.8 Å². The summed E-state index contributed by atoms with van der Waals surface area (Å²) >= 11 is 0. The summed E-state index contributed by atoms with van der Waals surface area (Å²) in [6.07, 6.45) is 22.9. The molecule has 2 rings (SSSR count). The summed E-state index contributed by atoms with van der Waals surface area (Å²) in [7, 11) is 0. The summed E-state index contributed by atoms with van der Waals surface area (Å²) in [5, 5.41) is 2.54. The maximum atomic E-state index is 2.54. The van der Waals surface area contributed by atoms with Gasteiger partial charge >= 0.3 is 0 Å². The molecule has 0 saturated carbocycles. The third-order valence-electron chi connectivity index (χ3n) is 6.78. The summed E-state index contributed by atoms with van der Waals surface area (Å²) in [6, 6.07) is 22.4. The van der Waals surface area contributed by atoms with E-state index in [2.05, 4.69) is 72.9 Å². The fourth-order valence-electron chi connectivity index (χ4n) is 4.76. The van der Waals surface area contributed by atoms with Gasteiger partial charge in [0.25, 0.3) is 0 Å². The molecule has 0 fully saturated rings. The first kappa shape index (κ1) is 29.4. The van der Waals surface area contributed by atoms with E-state index < -0.39 is 0 Å². The quantitative estimate of drug-likeness (QED) is 0.201. The van der Waals surface area contributed by atoms with E-state index in [0.717, 1.165) is 0 Å². The van der Waals surface area contributed by atoms with Gasteiger partial charge in [-0.1, -0.05) is 157 Å². The van der Waals surface area contributed by atoms with Crippen LogP contribution in [0.15, 0.2) is 60.7 Å². The fraction of sp³-hybridized carbons (Fsp3) is 0.613. The Hall–Kier alpha value is -1.64. The number of nitrogens with two attached hydrogens (primary N) is 1. The van der Waals surface area contributed by atoms with Gasteiger partial charge in [-0.05, 0) is 12.8 Å². The molecule has 0 heterocycles. The normalized spacial score (nSPS) is 11.0. The Balaban J connectivity index is 0.00000544. The molecular weight excluding hydrogens is 402 g/mol. The molecule has 0 aliphatic heterocycles. The molecule has 0 amide bonds. The van der Waals surface area contributed by atoms with Crippen molar-refractivity contribution in [1.29, 1.82) is 0 Å². The van der Waals surface area contributed by atoms with Crippen molar-refractivity contribution in [3.8, 4) is 0 Å². The highest BCUT2D eigenvalue weighted by Crippen LogP contribution is 2.18. The number of rotatable bonds is 20. The van der Waals surface area contributed by atoms with Crippen LogP contribution in [0.5, 0.6) is 0 Å². The molecule has 0 radical (unpaired) electrons. The molecule has 2 nitrogen and oxygen atoms in total. The zero-order valence-electron chi connectivity index (χ0n) is 21.4. The summed E-state index contributed by atoms with van der Waals surface area (Å²) in [4.78, 5) is 0. The molecule has 0 aliphatic carbocycles. The summed E-state index contributed by atoms with van der Waals surface area (Å²) < 4.78 is 0. The van der Waals surface area contributed by atoms with Gasteiger partial charge in [0.1, 0.15) is 6.04 Å². The van der Waals surface area contributed by atoms with Gasteiger partial charge in [-0.15, -0.1) is 0 Å². The van der Waals surface area contributed by atoms with Gasteiger partial charge in [0, 0.05) is 11.1 Å². The van der Waals surface area contributed by atoms with Crippen molar-refractivity contribution in [2.75, 3.05) is 6.54 Å². The van der Waals surface area contributed by atoms with Crippen LogP contribution in [0.4, 0.5) is 0 Å². The van der Waals surface area contributed by atoms with Crippen molar-refractivity contribution in [2.45, 2.75) is 116 Å². The molecule has 0 bridgehead atoms. The fourth-order valence-corrected chi connectivity index (χ4v) is 4.76. The Morgan fingerprint density at radius 3 is 1.18 bits per heavy atom. The van der Waals surface area contributed by atoms with Crippen molar-refractivity contribution < 1.29 is 10.8 Å². The molecule has 33 heavy (non-hydrogen) atoms. The van der Waals surface area contributed by atoms with Gasteiger partial charge in [-0.25, -0.2) is 0 Å². The molecule has 186 valence electrons. The Morgan fingerprint density at radius 1 is 0.485 bits per heavy atom. The van der Waals surface area contributed by atoms with Crippen LogP contribution in [-0.2, 0) is 0 Å². The summed E-state index contributed by atoms with van der Waals surface area (Å²) in [5.41, 5.74) is 2.82. The van der Waals surface area contributed by atoms with Crippen molar-refractivity contribution in [2.24, 2.45) is 0 Å². The highest BCUT2D eigenvalue weighted by atomic mass is 16.0. The van der Waals surface area contributed by atoms with Crippen LogP contribution in [0.1, 0.15) is 127 Å². The lowest BCUT2D eigenvalue weighted by Gasteiger charge is -2.16. The van der Waals surface area contributed by atoms with E-state index in [0.29, 0.717) is 6.04 Å². The minimum Gasteiger partial charge on any atom is -0.870 e. The van der Waals surface area contributed by atoms with Gasteiger partial charge in [-0.2, -0.15) is 0 Å². The number of quaternary nitrogens is 1. The largest absolute Gasteiger partial charge is 0.870 e. The van der Waals surface area contributed by atoms with Crippen molar-refractivity contribution >= 4 is 0 Å². The number of hydrogen-bond acceptors (Lipinski definition) is 1. The zero-order chi connectivity index (χ0) is 22.5. The predicted molar refractivity (Wildman–Crippen MR) is 143 cm³/mol. The highest BCUT2D eigenvalue weighted by molar-refractivity contribution is 5.29. The molecule has 0 saturated heterocycles. The maximum Gasteiger partial charge on any atom is 0.137 e. The van der Waals surface area contributed by atoms with Crippen LogP contribution < -0.4 is 5.32 Å². The third kappa shape index (κ3) is 14.3. The van der Waals surface area contributed by atoms with Gasteiger partial charge in [0.15, 0.2) is 0 Å². The highest BCUT2D eigenvalue weighted by Gasteiger charge is 2.16. The smallest absolute Gasteiger partial charge is 0.137 e. The first-order valence-corrected chi connectivity index (χ1v) is 13.8. The van der Waals surface area contributed by atoms with Crippen molar-refractivity contribution in [3.63, 3.8) is 0 Å². The van der Waals surface area contributed by atoms with E-state index in [1.165, 1.54) is 120 Å². The van der Waals surface area contributed by atoms with E-state index >= 15 is 0 Å².